The zero-order chi connectivity index (χ0) is 23.0. The predicted molar refractivity (Wildman–Crippen MR) is 122 cm³/mol. The Morgan fingerprint density at radius 2 is 1.16 bits per heavy atom. The molecular formula is C23H21Cl2F2FeN3. The molecule has 0 spiro atoms. The van der Waals surface area contributed by atoms with Crippen LogP contribution < -0.4 is 0 Å². The average molecular weight is 504 g/mol. The molecule has 0 aliphatic rings. The van der Waals surface area contributed by atoms with Crippen LogP contribution in [0.1, 0.15) is 36.4 Å². The van der Waals surface area contributed by atoms with E-state index in [0.29, 0.717) is 22.8 Å². The maximum atomic E-state index is 13.3. The van der Waals surface area contributed by atoms with Gasteiger partial charge in [-0.3, -0.25) is 9.98 Å². The molecular weight excluding hydrogens is 483 g/mol. The number of halogens is 4. The molecule has 0 fully saturated rings. The summed E-state index contributed by atoms with van der Waals surface area (Å²) in [5, 5.41) is 0. The molecule has 0 atom stereocenters. The normalized spacial score (nSPS) is 11.9. The van der Waals surface area contributed by atoms with Gasteiger partial charge in [0.15, 0.2) is 0 Å². The van der Waals surface area contributed by atoms with Gasteiger partial charge in [0.1, 0.15) is 11.6 Å². The zero-order valence-electron chi connectivity index (χ0n) is 17.4. The Morgan fingerprint density at radius 1 is 0.774 bits per heavy atom. The molecule has 0 N–H and O–H groups in total. The van der Waals surface area contributed by atoms with Crippen LogP contribution in [0.2, 0.25) is 0 Å². The molecule has 0 bridgehead atoms. The first-order valence-electron chi connectivity index (χ1n) is 9.21. The number of rotatable bonds is 4. The second kappa shape index (κ2) is 12.1. The van der Waals surface area contributed by atoms with Crippen molar-refractivity contribution in [1.29, 1.82) is 0 Å². The molecule has 0 amide bonds. The van der Waals surface area contributed by atoms with Crippen molar-refractivity contribution in [3.05, 3.63) is 88.7 Å². The van der Waals surface area contributed by atoms with Gasteiger partial charge in [-0.2, -0.15) is 0 Å². The number of aryl methyl sites for hydroxylation is 2. The molecule has 0 unspecified atom stereocenters. The molecule has 1 aromatic heterocycles. The van der Waals surface area contributed by atoms with Gasteiger partial charge in [-0.15, -0.1) is 0 Å². The van der Waals surface area contributed by atoms with Crippen LogP contribution in [0.4, 0.5) is 20.2 Å². The van der Waals surface area contributed by atoms with E-state index in [-0.39, 0.29) is 24.8 Å². The van der Waals surface area contributed by atoms with Crippen molar-refractivity contribution in [2.45, 2.75) is 27.7 Å². The fraction of sp³-hybridized carbons (Fsp3) is 0.174. The molecule has 0 radical (unpaired) electrons. The molecule has 0 aliphatic heterocycles. The number of aliphatic imine (C=N–C) groups is 2. The molecule has 31 heavy (non-hydrogen) atoms. The van der Waals surface area contributed by atoms with Gasteiger partial charge in [0.25, 0.3) is 0 Å². The Kier molecular flexibility index (Phi) is 9.79. The zero-order valence-corrected chi connectivity index (χ0v) is 20.0. The number of nitrogens with zero attached hydrogens (tertiary/aromatic N) is 3. The van der Waals surface area contributed by atoms with Gasteiger partial charge in [-0.25, -0.2) is 13.8 Å². The van der Waals surface area contributed by atoms with E-state index >= 15 is 0 Å². The van der Waals surface area contributed by atoms with Crippen molar-refractivity contribution in [2.24, 2.45) is 9.98 Å². The molecule has 1 heterocycles. The number of benzene rings is 2. The van der Waals surface area contributed by atoms with Crippen LogP contribution in [0.3, 0.4) is 0 Å². The van der Waals surface area contributed by atoms with E-state index in [1.165, 1.54) is 24.3 Å². The molecule has 0 saturated carbocycles. The van der Waals surface area contributed by atoms with Crippen molar-refractivity contribution >= 4 is 43.0 Å². The van der Waals surface area contributed by atoms with Crippen molar-refractivity contribution in [3.63, 3.8) is 0 Å². The second-order valence-electron chi connectivity index (χ2n) is 6.71. The minimum atomic E-state index is -0.280. The molecule has 2 aromatic carbocycles. The summed E-state index contributed by atoms with van der Waals surface area (Å²) in [6.07, 6.45) is 0. The number of hydrogen-bond acceptors (Lipinski definition) is 3. The summed E-state index contributed by atoms with van der Waals surface area (Å²) in [5.74, 6) is -0.561. The van der Waals surface area contributed by atoms with E-state index in [1.54, 1.807) is 12.1 Å². The Bertz CT molecular complexity index is 1030. The van der Waals surface area contributed by atoms with Gasteiger partial charge in [0.2, 0.25) is 0 Å². The summed E-state index contributed by atoms with van der Waals surface area (Å²) in [4.78, 5) is 13.8. The van der Waals surface area contributed by atoms with Crippen LogP contribution in [0.25, 0.3) is 0 Å². The third kappa shape index (κ3) is 7.51. The van der Waals surface area contributed by atoms with Crippen LogP contribution in [0.5, 0.6) is 0 Å². The summed E-state index contributed by atoms with van der Waals surface area (Å²) in [5.41, 5.74) is 5.82. The van der Waals surface area contributed by atoms with E-state index < -0.39 is 0 Å². The van der Waals surface area contributed by atoms with Crippen molar-refractivity contribution < 1.29 is 21.9 Å². The monoisotopic (exact) mass is 503 g/mol. The van der Waals surface area contributed by atoms with Gasteiger partial charge in [0.05, 0.1) is 34.2 Å². The topological polar surface area (TPSA) is 37.6 Å². The van der Waals surface area contributed by atoms with Crippen molar-refractivity contribution in [1.82, 2.24) is 4.98 Å². The molecule has 164 valence electrons. The number of aromatic nitrogens is 1. The Morgan fingerprint density at radius 3 is 1.52 bits per heavy atom. The van der Waals surface area contributed by atoms with Gasteiger partial charge in [0, 0.05) is 0 Å². The molecule has 3 nitrogen and oxygen atoms in total. The molecule has 0 saturated heterocycles. The van der Waals surface area contributed by atoms with Gasteiger partial charge >= 0.3 is 33.3 Å². The van der Waals surface area contributed by atoms with E-state index in [4.69, 9.17) is 20.2 Å². The second-order valence-corrected chi connectivity index (χ2v) is 8.54. The van der Waals surface area contributed by atoms with E-state index in [9.17, 15) is 8.78 Å². The van der Waals surface area contributed by atoms with Crippen LogP contribution in [-0.4, -0.2) is 16.4 Å². The fourth-order valence-electron chi connectivity index (χ4n) is 2.80. The summed E-state index contributed by atoms with van der Waals surface area (Å²) >= 11 is 0.194. The molecule has 8 heteroatoms. The summed E-state index contributed by atoms with van der Waals surface area (Å²) < 4.78 is 26.6. The van der Waals surface area contributed by atoms with Gasteiger partial charge in [-0.05, 0) is 87.4 Å². The van der Waals surface area contributed by atoms with E-state index in [2.05, 4.69) is 15.0 Å². The third-order valence-electron chi connectivity index (χ3n) is 4.38. The van der Waals surface area contributed by atoms with Crippen LogP contribution in [0.15, 0.2) is 64.6 Å². The summed E-state index contributed by atoms with van der Waals surface area (Å²) in [7, 11) is 9.53. The Balaban J connectivity index is 0.00000107. The average Bonchev–Trinajstić information content (AvgIpc) is 2.72. The summed E-state index contributed by atoms with van der Waals surface area (Å²) in [6, 6.07) is 14.6. The van der Waals surface area contributed by atoms with Crippen LogP contribution >= 0.6 is 20.2 Å². The van der Waals surface area contributed by atoms with Gasteiger partial charge in [-0.1, -0.05) is 6.07 Å². The van der Waals surface area contributed by atoms with Crippen LogP contribution in [-0.2, 0) is 13.1 Å². The standard InChI is InChI=1S/C23H21F2N3.2ClH.Fe/c1-14-12-18(24)8-10-20(14)26-16(3)22-6-5-7-23(28-22)17(4)27-21-11-9-19(25)13-15(21)2;;;/h5-13H,1-4H3;2*1H;/q;;;+2/p-2. The fourth-order valence-corrected chi connectivity index (χ4v) is 2.80. The SMILES string of the molecule is CC(=Nc1ccc(F)cc1C)c1cccc(C(C)=Nc2ccc(F)cc2C)n1.[Cl][Fe][Cl]. The van der Waals surface area contributed by atoms with E-state index in [1.807, 2.05) is 45.9 Å². The van der Waals surface area contributed by atoms with Crippen molar-refractivity contribution in [3.8, 4) is 0 Å². The first-order chi connectivity index (χ1) is 14.7. The maximum absolute atomic E-state index is 13.3. The first kappa shape index (κ1) is 25.2. The quantitative estimate of drug-likeness (QED) is 0.266. The molecule has 0 aliphatic carbocycles. The Hall–Kier alpha value is -2.11. The van der Waals surface area contributed by atoms with Crippen LogP contribution in [0, 0.1) is 25.5 Å². The number of pyridine rings is 1. The first-order valence-corrected chi connectivity index (χ1v) is 12.2. The summed E-state index contributed by atoms with van der Waals surface area (Å²) in [6.45, 7) is 7.37. The van der Waals surface area contributed by atoms with E-state index in [0.717, 1.165) is 22.6 Å². The van der Waals surface area contributed by atoms with Crippen molar-refractivity contribution in [2.75, 3.05) is 0 Å². The predicted octanol–water partition coefficient (Wildman–Crippen LogP) is 7.63. The third-order valence-corrected chi connectivity index (χ3v) is 4.38. The Labute approximate surface area is 195 Å². The molecule has 3 rings (SSSR count). The molecule has 3 aromatic rings. The van der Waals surface area contributed by atoms with Gasteiger partial charge < -0.3 is 0 Å². The number of hydrogen-bond donors (Lipinski definition) is 0. The minimum absolute atomic E-state index is 0.194.